The molecule has 6 rings (SSSR count). The fourth-order valence-electron chi connectivity index (χ4n) is 5.54. The van der Waals surface area contributed by atoms with Gasteiger partial charge in [0.25, 0.3) is 32.1 Å². The Labute approximate surface area is 383 Å². The zero-order chi connectivity index (χ0) is 44.6. The average Bonchev–Trinajstić information content (AvgIpc) is 3.25. The van der Waals surface area contributed by atoms with Gasteiger partial charge in [0, 0.05) is 91.6 Å². The molecule has 1 radical (unpaired) electrons. The van der Waals surface area contributed by atoms with Crippen molar-refractivity contribution in [3.8, 4) is 0 Å². The number of benzene rings is 4. The molecule has 0 saturated heterocycles. The molecule has 2 amide bonds. The van der Waals surface area contributed by atoms with Crippen molar-refractivity contribution in [3.63, 3.8) is 0 Å². The Kier molecular flexibility index (Phi) is 15.3. The van der Waals surface area contributed by atoms with Crippen LogP contribution in [0.15, 0.2) is 94.7 Å². The van der Waals surface area contributed by atoms with E-state index < -0.39 is 30.0 Å². The van der Waals surface area contributed by atoms with Crippen LogP contribution in [0.1, 0.15) is 31.8 Å². The van der Waals surface area contributed by atoms with Crippen LogP contribution in [-0.4, -0.2) is 125 Å². The molecule has 321 valence electrons. The van der Waals surface area contributed by atoms with E-state index in [1.54, 1.807) is 62.6 Å². The summed E-state index contributed by atoms with van der Waals surface area (Å²) >= 11 is 0. The molecule has 0 unspecified atom stereocenters. The van der Waals surface area contributed by atoms with E-state index in [-0.39, 0.29) is 99.6 Å². The van der Waals surface area contributed by atoms with Gasteiger partial charge in [-0.25, -0.2) is 0 Å². The Bertz CT molecular complexity index is 2710. The Balaban J connectivity index is 0.00000748. The van der Waals surface area contributed by atoms with Crippen molar-refractivity contribution in [2.75, 3.05) is 60.1 Å². The second-order valence-electron chi connectivity index (χ2n) is 12.7. The molecule has 0 fully saturated rings. The zero-order valence-electron chi connectivity index (χ0n) is 34.1. The number of aromatic nitrogens is 6. The molecule has 0 aliphatic rings. The van der Waals surface area contributed by atoms with Crippen molar-refractivity contribution in [2.45, 2.75) is 9.79 Å². The summed E-state index contributed by atoms with van der Waals surface area (Å²) in [6.45, 7) is 0. The van der Waals surface area contributed by atoms with Gasteiger partial charge in [0.1, 0.15) is 9.79 Å². The maximum atomic E-state index is 12.6. The van der Waals surface area contributed by atoms with Crippen molar-refractivity contribution in [1.29, 1.82) is 0 Å². The summed E-state index contributed by atoms with van der Waals surface area (Å²) in [5, 5.41) is 22.5. The second kappa shape index (κ2) is 20.4. The third kappa shape index (κ3) is 12.4. The molecule has 0 spiro atoms. The van der Waals surface area contributed by atoms with Crippen LogP contribution in [0.5, 0.6) is 0 Å². The van der Waals surface area contributed by atoms with E-state index >= 15 is 0 Å². The van der Waals surface area contributed by atoms with Crippen molar-refractivity contribution in [3.05, 3.63) is 107 Å². The maximum absolute atomic E-state index is 12.6. The van der Waals surface area contributed by atoms with Crippen LogP contribution in [0, 0.1) is 0 Å². The van der Waals surface area contributed by atoms with Crippen LogP contribution < -0.4 is 42.5 Å². The van der Waals surface area contributed by atoms with Crippen LogP contribution in [0.3, 0.4) is 0 Å². The van der Waals surface area contributed by atoms with Gasteiger partial charge in [0.15, 0.2) is 0 Å². The SMILES string of the molecule is CNC(=O)c1ccc(Nc2nc(NC)nc(Nc3ccc(/C=C/c4ccc(Nc5nc(NC)nc(Nc6ccc(C(=O)NC)cc6)n5)cc4S(=O)(=O)O)c(S(=O)(=O)O)c3)n2)cc1.[Na]. The summed E-state index contributed by atoms with van der Waals surface area (Å²) in [5.74, 6) is -0.0252. The third-order valence-corrected chi connectivity index (χ3v) is 10.3. The van der Waals surface area contributed by atoms with E-state index in [2.05, 4.69) is 72.4 Å². The number of nitrogens with one attached hydrogen (secondary N) is 8. The molecule has 63 heavy (non-hydrogen) atoms. The number of carbonyl (C=O) groups is 2. The largest absolute Gasteiger partial charge is 0.357 e. The van der Waals surface area contributed by atoms with Gasteiger partial charge in [0.2, 0.25) is 35.7 Å². The second-order valence-corrected chi connectivity index (χ2v) is 15.5. The van der Waals surface area contributed by atoms with Gasteiger partial charge in [-0.05, 0) is 83.9 Å². The molecule has 4 aromatic carbocycles. The number of hydrogen-bond donors (Lipinski definition) is 10. The molecular weight excluding hydrogens is 868 g/mol. The molecule has 22 nitrogen and oxygen atoms in total. The van der Waals surface area contributed by atoms with Gasteiger partial charge in [-0.1, -0.05) is 24.3 Å². The van der Waals surface area contributed by atoms with Crippen molar-refractivity contribution in [2.24, 2.45) is 0 Å². The van der Waals surface area contributed by atoms with Crippen LogP contribution in [0.2, 0.25) is 0 Å². The number of rotatable bonds is 16. The number of anilines is 10. The molecular formula is C38H38N14NaO8S2. The number of hydrogen-bond acceptors (Lipinski definition) is 18. The molecule has 2 heterocycles. The van der Waals surface area contributed by atoms with E-state index in [0.29, 0.717) is 22.5 Å². The van der Waals surface area contributed by atoms with Crippen LogP contribution in [-0.2, 0) is 20.2 Å². The van der Waals surface area contributed by atoms with Crippen molar-refractivity contribution < 1.29 is 35.5 Å². The summed E-state index contributed by atoms with van der Waals surface area (Å²) in [6, 6.07) is 20.9. The van der Waals surface area contributed by atoms with E-state index in [4.69, 9.17) is 0 Å². The Morgan fingerprint density at radius 1 is 0.460 bits per heavy atom. The number of carbonyl (C=O) groups excluding carboxylic acids is 2. The van der Waals surface area contributed by atoms with E-state index in [0.717, 1.165) is 12.1 Å². The van der Waals surface area contributed by atoms with Crippen molar-refractivity contribution >= 4 is 132 Å². The van der Waals surface area contributed by atoms with E-state index in [9.17, 15) is 35.5 Å². The predicted octanol–water partition coefficient (Wildman–Crippen LogP) is 4.12. The van der Waals surface area contributed by atoms with Crippen LogP contribution in [0.25, 0.3) is 12.2 Å². The predicted molar refractivity (Wildman–Crippen MR) is 239 cm³/mol. The smallest absolute Gasteiger partial charge is 0.295 e. The van der Waals surface area contributed by atoms with E-state index in [1.807, 2.05) is 0 Å². The normalized spacial score (nSPS) is 11.2. The molecule has 6 aromatic rings. The monoisotopic (exact) mass is 905 g/mol. The first-order valence-corrected chi connectivity index (χ1v) is 20.9. The minimum absolute atomic E-state index is 0. The van der Waals surface area contributed by atoms with Gasteiger partial charge in [-0.15, -0.1) is 0 Å². The summed E-state index contributed by atoms with van der Waals surface area (Å²) in [7, 11) is -3.52. The van der Waals surface area contributed by atoms with Gasteiger partial charge in [-0.3, -0.25) is 18.7 Å². The summed E-state index contributed by atoms with van der Waals surface area (Å²) in [5.41, 5.74) is 2.22. The van der Waals surface area contributed by atoms with E-state index in [1.165, 1.54) is 50.5 Å². The van der Waals surface area contributed by atoms with Crippen LogP contribution in [0.4, 0.5) is 58.4 Å². The van der Waals surface area contributed by atoms with Gasteiger partial charge in [-0.2, -0.15) is 46.7 Å². The van der Waals surface area contributed by atoms with Gasteiger partial charge >= 0.3 is 0 Å². The van der Waals surface area contributed by atoms with Gasteiger partial charge < -0.3 is 42.5 Å². The number of amides is 2. The molecule has 0 aliphatic carbocycles. The topological polar surface area (TPSA) is 316 Å². The molecule has 0 aliphatic heterocycles. The first kappa shape index (κ1) is 47.3. The quantitative estimate of drug-likeness (QED) is 0.0371. The minimum atomic E-state index is -4.86. The molecule has 10 N–H and O–H groups in total. The Morgan fingerprint density at radius 2 is 0.746 bits per heavy atom. The third-order valence-electron chi connectivity index (χ3n) is 8.52. The van der Waals surface area contributed by atoms with Crippen molar-refractivity contribution in [1.82, 2.24) is 40.5 Å². The maximum Gasteiger partial charge on any atom is 0.295 e. The zero-order valence-corrected chi connectivity index (χ0v) is 37.7. The molecule has 0 bridgehead atoms. The first-order chi connectivity index (χ1) is 29.5. The fourth-order valence-corrected chi connectivity index (χ4v) is 6.96. The van der Waals surface area contributed by atoms with Gasteiger partial charge in [0.05, 0.1) is 0 Å². The average molecular weight is 906 g/mol. The summed E-state index contributed by atoms with van der Waals surface area (Å²) < 4.78 is 70.8. The van der Waals surface area contributed by atoms with Crippen LogP contribution >= 0.6 is 0 Å². The standard InChI is InChI=1S/C38H38N14O8S2.Na/c1-39-31(53)23-9-13-25(14-10-23)43-35-47-33(41-3)49-37(51-35)45-27-17-7-21(29(19-27)61(55,56)57)5-6-22-8-18-28(20-30(22)62(58,59)60)46-38-50-34(42-4)48-36(52-38)44-26-15-11-24(12-16-26)32(54)40-2;/h5-20H,1-4H3,(H,39,53)(H,40,54)(H,55,56,57)(H,58,59,60)(H3,41,43,45,47,49,51)(H3,42,44,46,48,50,52);/b6-5+;. The summed E-state index contributed by atoms with van der Waals surface area (Å²) in [6.07, 6.45) is 2.49. The molecule has 25 heteroatoms. The summed E-state index contributed by atoms with van der Waals surface area (Å²) in [4.78, 5) is 48.4. The molecule has 0 atom stereocenters. The Morgan fingerprint density at radius 3 is 1.03 bits per heavy atom. The first-order valence-electron chi connectivity index (χ1n) is 18.1. The molecule has 0 saturated carbocycles. The molecule has 2 aromatic heterocycles. The number of nitrogens with zero attached hydrogens (tertiary/aromatic N) is 6. The fraction of sp³-hybridized carbons (Fsp3) is 0.105. The minimum Gasteiger partial charge on any atom is -0.357 e. The Hall–Kier alpha value is -6.80.